The normalized spacial score (nSPS) is 11.0. The zero-order valence-corrected chi connectivity index (χ0v) is 13.7. The minimum atomic E-state index is -0.313. The number of aliphatic hydroxyl groups excluding tert-OH is 1. The van der Waals surface area contributed by atoms with Gasteiger partial charge in [-0.3, -0.25) is 4.90 Å². The Hall–Kier alpha value is -2.32. The Kier molecular flexibility index (Phi) is 6.83. The first kappa shape index (κ1) is 18.0. The molecule has 0 saturated carbocycles. The summed E-state index contributed by atoms with van der Waals surface area (Å²) in [4.78, 5) is 14.6. The highest BCUT2D eigenvalue weighted by molar-refractivity contribution is 5.53. The molecule has 2 rings (SSSR count). The third-order valence-corrected chi connectivity index (χ3v) is 3.41. The minimum absolute atomic E-state index is 0.0744. The number of hydrogen-bond acceptors (Lipinski definition) is 7. The van der Waals surface area contributed by atoms with Crippen LogP contribution in [0.2, 0.25) is 0 Å². The predicted octanol–water partition coefficient (Wildman–Crippen LogP) is 1.93. The van der Waals surface area contributed by atoms with E-state index in [4.69, 9.17) is 5.73 Å². The van der Waals surface area contributed by atoms with Gasteiger partial charge in [0.05, 0.1) is 13.2 Å². The number of aromatic nitrogens is 3. The Bertz CT molecular complexity index is 637. The summed E-state index contributed by atoms with van der Waals surface area (Å²) in [6.07, 6.45) is 2.10. The summed E-state index contributed by atoms with van der Waals surface area (Å²) >= 11 is 0. The number of nitrogens with two attached hydrogens (primary N) is 1. The van der Waals surface area contributed by atoms with E-state index >= 15 is 0 Å². The van der Waals surface area contributed by atoms with E-state index < -0.39 is 0 Å². The lowest BCUT2D eigenvalue weighted by Gasteiger charge is -2.20. The third-order valence-electron chi connectivity index (χ3n) is 3.41. The second-order valence-corrected chi connectivity index (χ2v) is 5.42. The van der Waals surface area contributed by atoms with Crippen molar-refractivity contribution in [3.8, 4) is 0 Å². The van der Waals surface area contributed by atoms with E-state index in [2.05, 4.69) is 32.1 Å². The van der Waals surface area contributed by atoms with E-state index in [1.807, 2.05) is 0 Å². The molecule has 0 aliphatic carbocycles. The van der Waals surface area contributed by atoms with Crippen LogP contribution >= 0.6 is 0 Å². The van der Waals surface area contributed by atoms with Gasteiger partial charge in [-0.2, -0.15) is 15.0 Å². The molecule has 1 aromatic carbocycles. The van der Waals surface area contributed by atoms with Crippen molar-refractivity contribution in [3.05, 3.63) is 35.9 Å². The minimum Gasteiger partial charge on any atom is -0.395 e. The SMILES string of the molecule is CCCCN(CCO)Cc1nc(N)nc(Nc2ccc(F)cc2)n1. The fourth-order valence-corrected chi connectivity index (χ4v) is 2.22. The first-order valence-electron chi connectivity index (χ1n) is 7.97. The highest BCUT2D eigenvalue weighted by atomic mass is 19.1. The molecule has 0 atom stereocenters. The lowest BCUT2D eigenvalue weighted by atomic mass is 10.3. The zero-order chi connectivity index (χ0) is 17.4. The molecule has 0 spiro atoms. The highest BCUT2D eigenvalue weighted by Gasteiger charge is 2.10. The van der Waals surface area contributed by atoms with Crippen LogP contribution in [0, 0.1) is 5.82 Å². The van der Waals surface area contributed by atoms with Gasteiger partial charge in [0, 0.05) is 12.2 Å². The summed E-state index contributed by atoms with van der Waals surface area (Å²) in [5.74, 6) is 0.635. The van der Waals surface area contributed by atoms with Crippen LogP contribution in [0.25, 0.3) is 0 Å². The number of halogens is 1. The molecule has 0 saturated heterocycles. The van der Waals surface area contributed by atoms with E-state index in [1.165, 1.54) is 12.1 Å². The molecule has 1 aromatic heterocycles. The van der Waals surface area contributed by atoms with Gasteiger partial charge in [0.1, 0.15) is 11.6 Å². The van der Waals surface area contributed by atoms with Crippen LogP contribution in [0.4, 0.5) is 22.0 Å². The predicted molar refractivity (Wildman–Crippen MR) is 91.2 cm³/mol. The number of benzene rings is 1. The molecule has 0 bridgehead atoms. The van der Waals surface area contributed by atoms with E-state index in [1.54, 1.807) is 12.1 Å². The number of unbranched alkanes of at least 4 members (excludes halogenated alkanes) is 1. The maximum Gasteiger partial charge on any atom is 0.232 e. The van der Waals surface area contributed by atoms with Crippen LogP contribution in [0.15, 0.2) is 24.3 Å². The van der Waals surface area contributed by atoms with Crippen LogP contribution in [0.3, 0.4) is 0 Å². The molecular weight excluding hydrogens is 311 g/mol. The summed E-state index contributed by atoms with van der Waals surface area (Å²) in [5.41, 5.74) is 6.42. The molecule has 0 fully saturated rings. The topological polar surface area (TPSA) is 100 Å². The van der Waals surface area contributed by atoms with Crippen molar-refractivity contribution in [2.24, 2.45) is 0 Å². The largest absolute Gasteiger partial charge is 0.395 e. The summed E-state index contributed by atoms with van der Waals surface area (Å²) in [6.45, 7) is 4.06. The molecule has 7 nitrogen and oxygen atoms in total. The second-order valence-electron chi connectivity index (χ2n) is 5.42. The van der Waals surface area contributed by atoms with Gasteiger partial charge >= 0.3 is 0 Å². The van der Waals surface area contributed by atoms with E-state index in [0.717, 1.165) is 19.4 Å². The standard InChI is InChI=1S/C16H23FN6O/c1-2-3-8-23(9-10-24)11-14-20-15(18)22-16(21-14)19-13-6-4-12(17)5-7-13/h4-7,24H,2-3,8-11H2,1H3,(H3,18,19,20,21,22). The average molecular weight is 334 g/mol. The average Bonchev–Trinajstić information content (AvgIpc) is 2.54. The van der Waals surface area contributed by atoms with Crippen molar-refractivity contribution in [2.75, 3.05) is 30.7 Å². The van der Waals surface area contributed by atoms with Crippen LogP contribution in [-0.4, -0.2) is 44.7 Å². The lowest BCUT2D eigenvalue weighted by Crippen LogP contribution is -2.28. The molecule has 0 aliphatic heterocycles. The molecule has 24 heavy (non-hydrogen) atoms. The van der Waals surface area contributed by atoms with Gasteiger partial charge in [0.15, 0.2) is 0 Å². The maximum atomic E-state index is 13.0. The van der Waals surface area contributed by atoms with Crippen molar-refractivity contribution in [2.45, 2.75) is 26.3 Å². The number of hydrogen-bond donors (Lipinski definition) is 3. The molecular formula is C16H23FN6O. The van der Waals surface area contributed by atoms with Crippen molar-refractivity contribution in [1.82, 2.24) is 19.9 Å². The molecule has 4 N–H and O–H groups in total. The van der Waals surface area contributed by atoms with E-state index in [-0.39, 0.29) is 18.4 Å². The number of anilines is 3. The molecule has 0 unspecified atom stereocenters. The molecule has 0 aliphatic rings. The van der Waals surface area contributed by atoms with Gasteiger partial charge < -0.3 is 16.2 Å². The number of nitrogen functional groups attached to an aromatic ring is 1. The lowest BCUT2D eigenvalue weighted by molar-refractivity contribution is 0.185. The summed E-state index contributed by atoms with van der Waals surface area (Å²) in [6, 6.07) is 5.88. The number of rotatable bonds is 9. The van der Waals surface area contributed by atoms with Crippen LogP contribution in [-0.2, 0) is 6.54 Å². The molecule has 1 heterocycles. The highest BCUT2D eigenvalue weighted by Crippen LogP contribution is 2.14. The van der Waals surface area contributed by atoms with Gasteiger partial charge in [-0.25, -0.2) is 4.39 Å². The Morgan fingerprint density at radius 3 is 2.58 bits per heavy atom. The summed E-state index contributed by atoms with van der Waals surface area (Å²) < 4.78 is 13.0. The van der Waals surface area contributed by atoms with Gasteiger partial charge in [0.25, 0.3) is 0 Å². The molecule has 0 radical (unpaired) electrons. The van der Waals surface area contributed by atoms with Crippen molar-refractivity contribution in [1.29, 1.82) is 0 Å². The van der Waals surface area contributed by atoms with Crippen molar-refractivity contribution >= 4 is 17.6 Å². The third kappa shape index (κ3) is 5.71. The Balaban J connectivity index is 2.10. The van der Waals surface area contributed by atoms with Gasteiger partial charge in [-0.05, 0) is 37.2 Å². The molecule has 8 heteroatoms. The van der Waals surface area contributed by atoms with E-state index in [9.17, 15) is 9.50 Å². The fourth-order valence-electron chi connectivity index (χ4n) is 2.22. The first-order chi connectivity index (χ1) is 11.6. The van der Waals surface area contributed by atoms with Crippen LogP contribution in [0.1, 0.15) is 25.6 Å². The Morgan fingerprint density at radius 1 is 1.17 bits per heavy atom. The Morgan fingerprint density at radius 2 is 1.92 bits per heavy atom. The quantitative estimate of drug-likeness (QED) is 0.644. The number of nitrogens with zero attached hydrogens (tertiary/aromatic N) is 4. The van der Waals surface area contributed by atoms with Gasteiger partial charge in [0.2, 0.25) is 11.9 Å². The van der Waals surface area contributed by atoms with Crippen LogP contribution in [0.5, 0.6) is 0 Å². The Labute approximate surface area is 140 Å². The second kappa shape index (κ2) is 9.09. The van der Waals surface area contributed by atoms with Crippen LogP contribution < -0.4 is 11.1 Å². The zero-order valence-electron chi connectivity index (χ0n) is 13.7. The number of nitrogens with one attached hydrogen (secondary N) is 1. The molecule has 0 amide bonds. The summed E-state index contributed by atoms with van der Waals surface area (Å²) in [7, 11) is 0. The smallest absolute Gasteiger partial charge is 0.232 e. The summed E-state index contributed by atoms with van der Waals surface area (Å²) in [5, 5.41) is 12.2. The number of aliphatic hydroxyl groups is 1. The van der Waals surface area contributed by atoms with Crippen molar-refractivity contribution < 1.29 is 9.50 Å². The monoisotopic (exact) mass is 334 g/mol. The molecule has 130 valence electrons. The van der Waals surface area contributed by atoms with Gasteiger partial charge in [-0.15, -0.1) is 0 Å². The van der Waals surface area contributed by atoms with Crippen molar-refractivity contribution in [3.63, 3.8) is 0 Å². The van der Waals surface area contributed by atoms with Gasteiger partial charge in [-0.1, -0.05) is 13.3 Å². The maximum absolute atomic E-state index is 13.0. The first-order valence-corrected chi connectivity index (χ1v) is 7.97. The van der Waals surface area contributed by atoms with E-state index in [0.29, 0.717) is 30.5 Å². The molecule has 2 aromatic rings. The fraction of sp³-hybridized carbons (Fsp3) is 0.438.